The van der Waals surface area contributed by atoms with Crippen LogP contribution in [-0.4, -0.2) is 53.0 Å². The summed E-state index contributed by atoms with van der Waals surface area (Å²) in [6.45, 7) is 2.07. The van der Waals surface area contributed by atoms with Crippen LogP contribution < -0.4 is 0 Å². The molecule has 3 rings (SSSR count). The molecule has 1 unspecified atom stereocenters. The lowest BCUT2D eigenvalue weighted by Crippen LogP contribution is -2.42. The molecule has 118 valence electrons. The third kappa shape index (κ3) is 2.72. The van der Waals surface area contributed by atoms with E-state index in [0.29, 0.717) is 5.56 Å². The molecule has 1 aliphatic heterocycles. The van der Waals surface area contributed by atoms with Gasteiger partial charge < -0.3 is 4.74 Å². The Morgan fingerprint density at radius 1 is 1.45 bits per heavy atom. The maximum absolute atomic E-state index is 13.4. The van der Waals surface area contributed by atoms with E-state index in [9.17, 15) is 12.8 Å². The Bertz CT molecular complexity index is 765. The number of halogens is 1. The summed E-state index contributed by atoms with van der Waals surface area (Å²) in [5.41, 5.74) is 0.490. The Balaban J connectivity index is 1.90. The number of morpholine rings is 1. The average molecular weight is 327 g/mol. The van der Waals surface area contributed by atoms with Crippen LogP contribution in [0.3, 0.4) is 0 Å². The van der Waals surface area contributed by atoms with Crippen LogP contribution in [0, 0.1) is 12.7 Å². The number of sulfonamides is 1. The van der Waals surface area contributed by atoms with E-state index in [0.717, 1.165) is 6.07 Å². The van der Waals surface area contributed by atoms with E-state index < -0.39 is 21.9 Å². The molecular formula is C12H14FN5O3S. The van der Waals surface area contributed by atoms with Crippen molar-refractivity contribution in [3.63, 3.8) is 0 Å². The Morgan fingerprint density at radius 2 is 2.27 bits per heavy atom. The summed E-state index contributed by atoms with van der Waals surface area (Å²) in [4.78, 5) is -0.0405. The zero-order valence-corrected chi connectivity index (χ0v) is 12.5. The largest absolute Gasteiger partial charge is 0.367 e. The van der Waals surface area contributed by atoms with Crippen molar-refractivity contribution in [2.75, 3.05) is 19.7 Å². The monoisotopic (exact) mass is 327 g/mol. The molecule has 1 aromatic carbocycles. The number of tetrazole rings is 1. The van der Waals surface area contributed by atoms with Crippen molar-refractivity contribution in [3.05, 3.63) is 35.4 Å². The smallest absolute Gasteiger partial charge is 0.243 e. The summed E-state index contributed by atoms with van der Waals surface area (Å²) >= 11 is 0. The van der Waals surface area contributed by atoms with Crippen LogP contribution in [0.15, 0.2) is 23.1 Å². The summed E-state index contributed by atoms with van der Waals surface area (Å²) in [6, 6.07) is 3.71. The lowest BCUT2D eigenvalue weighted by molar-refractivity contribution is -0.00751. The van der Waals surface area contributed by atoms with Gasteiger partial charge in [0.25, 0.3) is 0 Å². The molecule has 1 saturated heterocycles. The van der Waals surface area contributed by atoms with Crippen LogP contribution in [0.1, 0.15) is 17.5 Å². The van der Waals surface area contributed by atoms with Gasteiger partial charge >= 0.3 is 0 Å². The summed E-state index contributed by atoms with van der Waals surface area (Å²) in [5.74, 6) is -0.303. The first-order valence-electron chi connectivity index (χ1n) is 6.60. The van der Waals surface area contributed by atoms with E-state index in [1.54, 1.807) is 6.92 Å². The van der Waals surface area contributed by atoms with Gasteiger partial charge in [0, 0.05) is 13.1 Å². The fraction of sp³-hybridized carbons (Fsp3) is 0.417. The highest BCUT2D eigenvalue weighted by Gasteiger charge is 2.34. The van der Waals surface area contributed by atoms with E-state index in [4.69, 9.17) is 4.74 Å². The summed E-state index contributed by atoms with van der Waals surface area (Å²) in [7, 11) is -3.81. The van der Waals surface area contributed by atoms with Gasteiger partial charge in [0.15, 0.2) is 0 Å². The molecule has 0 spiro atoms. The zero-order chi connectivity index (χ0) is 15.7. The lowest BCUT2D eigenvalue weighted by Gasteiger charge is -2.30. The van der Waals surface area contributed by atoms with Crippen molar-refractivity contribution in [2.45, 2.75) is 17.9 Å². The predicted octanol–water partition coefficient (Wildman–Crippen LogP) is 0.409. The summed E-state index contributed by atoms with van der Waals surface area (Å²) in [5, 5.41) is 13.3. The summed E-state index contributed by atoms with van der Waals surface area (Å²) < 4.78 is 45.6. The number of ether oxygens (including phenoxy) is 1. The van der Waals surface area contributed by atoms with Crippen LogP contribution >= 0.6 is 0 Å². The van der Waals surface area contributed by atoms with Crippen LogP contribution in [0.2, 0.25) is 0 Å². The van der Waals surface area contributed by atoms with E-state index in [-0.39, 0.29) is 30.4 Å². The maximum atomic E-state index is 13.4. The number of hydrogen-bond acceptors (Lipinski definition) is 6. The van der Waals surface area contributed by atoms with Gasteiger partial charge in [-0.2, -0.15) is 9.52 Å². The molecule has 2 aromatic rings. The van der Waals surface area contributed by atoms with Gasteiger partial charge in [0.05, 0.1) is 11.5 Å². The lowest BCUT2D eigenvalue weighted by atomic mass is 10.2. The number of H-pyrrole nitrogens is 1. The second kappa shape index (κ2) is 5.71. The van der Waals surface area contributed by atoms with Crippen molar-refractivity contribution in [1.29, 1.82) is 0 Å². The fourth-order valence-corrected chi connectivity index (χ4v) is 3.96. The molecule has 1 aromatic heterocycles. The van der Waals surface area contributed by atoms with Crippen molar-refractivity contribution < 1.29 is 17.5 Å². The van der Waals surface area contributed by atoms with E-state index in [2.05, 4.69) is 20.6 Å². The maximum Gasteiger partial charge on any atom is 0.243 e. The Kier molecular flexibility index (Phi) is 3.89. The van der Waals surface area contributed by atoms with Gasteiger partial charge in [-0.05, 0) is 24.6 Å². The topological polar surface area (TPSA) is 101 Å². The zero-order valence-electron chi connectivity index (χ0n) is 11.7. The number of hydrogen-bond donors (Lipinski definition) is 1. The Labute approximate surface area is 126 Å². The highest BCUT2D eigenvalue weighted by Crippen LogP contribution is 2.26. The minimum Gasteiger partial charge on any atom is -0.367 e. The normalized spacial score (nSPS) is 20.2. The number of aromatic nitrogens is 4. The molecule has 10 heteroatoms. The second-order valence-corrected chi connectivity index (χ2v) is 6.81. The molecule has 1 N–H and O–H groups in total. The molecular weight excluding hydrogens is 313 g/mol. The number of rotatable bonds is 3. The SMILES string of the molecule is Cc1ccc(F)cc1S(=O)(=O)N1CCOC(c2nn[nH]n2)C1. The van der Waals surface area contributed by atoms with E-state index in [1.165, 1.54) is 16.4 Å². The molecule has 0 amide bonds. The molecule has 2 heterocycles. The summed E-state index contributed by atoms with van der Waals surface area (Å²) in [6.07, 6.45) is -0.601. The molecule has 1 aliphatic rings. The number of aryl methyl sites for hydroxylation is 1. The van der Waals surface area contributed by atoms with Crippen LogP contribution in [0.5, 0.6) is 0 Å². The first-order valence-corrected chi connectivity index (χ1v) is 8.04. The van der Waals surface area contributed by atoms with Gasteiger partial charge in [0.1, 0.15) is 11.9 Å². The highest BCUT2D eigenvalue weighted by molar-refractivity contribution is 7.89. The Morgan fingerprint density at radius 3 is 3.00 bits per heavy atom. The third-order valence-electron chi connectivity index (χ3n) is 3.45. The highest BCUT2D eigenvalue weighted by atomic mass is 32.2. The molecule has 8 nitrogen and oxygen atoms in total. The minimum absolute atomic E-state index is 0.0405. The Hall–Kier alpha value is -1.91. The fourth-order valence-electron chi connectivity index (χ4n) is 2.30. The molecule has 1 atom stereocenters. The van der Waals surface area contributed by atoms with Gasteiger partial charge in [-0.15, -0.1) is 10.2 Å². The molecule has 0 aliphatic carbocycles. The first-order chi connectivity index (χ1) is 10.5. The first kappa shape index (κ1) is 15.0. The van der Waals surface area contributed by atoms with Crippen molar-refractivity contribution in [3.8, 4) is 0 Å². The molecule has 1 fully saturated rings. The van der Waals surface area contributed by atoms with Gasteiger partial charge in [-0.25, -0.2) is 12.8 Å². The predicted molar refractivity (Wildman–Crippen MR) is 72.8 cm³/mol. The quantitative estimate of drug-likeness (QED) is 0.876. The van der Waals surface area contributed by atoms with Crippen molar-refractivity contribution in [2.24, 2.45) is 0 Å². The van der Waals surface area contributed by atoms with Crippen molar-refractivity contribution in [1.82, 2.24) is 24.9 Å². The number of benzene rings is 1. The van der Waals surface area contributed by atoms with Gasteiger partial charge in [-0.3, -0.25) is 0 Å². The second-order valence-electron chi connectivity index (χ2n) is 4.90. The van der Waals surface area contributed by atoms with Crippen LogP contribution in [0.4, 0.5) is 4.39 Å². The average Bonchev–Trinajstić information content (AvgIpc) is 3.04. The van der Waals surface area contributed by atoms with Gasteiger partial charge in [-0.1, -0.05) is 11.3 Å². The standard InChI is InChI=1S/C12H14FN5O3S/c1-8-2-3-9(13)6-11(8)22(19,20)18-4-5-21-10(7-18)12-14-16-17-15-12/h2-3,6,10H,4-5,7H2,1H3,(H,14,15,16,17). The van der Waals surface area contributed by atoms with Gasteiger partial charge in [0.2, 0.25) is 15.8 Å². The number of nitrogens with one attached hydrogen (secondary N) is 1. The number of aromatic amines is 1. The molecule has 22 heavy (non-hydrogen) atoms. The molecule has 0 radical (unpaired) electrons. The molecule has 0 bridgehead atoms. The molecule has 0 saturated carbocycles. The van der Waals surface area contributed by atoms with Crippen LogP contribution in [-0.2, 0) is 14.8 Å². The van der Waals surface area contributed by atoms with E-state index >= 15 is 0 Å². The third-order valence-corrected chi connectivity index (χ3v) is 5.45. The minimum atomic E-state index is -3.81. The van der Waals surface area contributed by atoms with Crippen LogP contribution in [0.25, 0.3) is 0 Å². The van der Waals surface area contributed by atoms with E-state index in [1.807, 2.05) is 0 Å². The van der Waals surface area contributed by atoms with Crippen molar-refractivity contribution >= 4 is 10.0 Å². The number of nitrogens with zero attached hydrogens (tertiary/aromatic N) is 4.